The van der Waals surface area contributed by atoms with Gasteiger partial charge in [0.05, 0.1) is 7.11 Å². The van der Waals surface area contributed by atoms with Crippen molar-refractivity contribution >= 4 is 0 Å². The van der Waals surface area contributed by atoms with Crippen LogP contribution in [0.3, 0.4) is 0 Å². The van der Waals surface area contributed by atoms with Gasteiger partial charge >= 0.3 is 0 Å². The summed E-state index contributed by atoms with van der Waals surface area (Å²) in [6.45, 7) is 4.86. The van der Waals surface area contributed by atoms with Gasteiger partial charge in [0, 0.05) is 0 Å². The molecule has 0 aliphatic carbocycles. The van der Waals surface area contributed by atoms with Crippen LogP contribution in [0, 0.1) is 6.92 Å². The monoisotopic (exact) mass is 179 g/mol. The van der Waals surface area contributed by atoms with Crippen LogP contribution in [0.5, 0.6) is 5.75 Å². The minimum Gasteiger partial charge on any atom is -0.497 e. The second-order valence-corrected chi connectivity index (χ2v) is 3.42. The average Bonchev–Trinajstić information content (AvgIpc) is 2.15. The Morgan fingerprint density at radius 3 is 2.62 bits per heavy atom. The molecular formula is C11H17NO. The third-order valence-electron chi connectivity index (χ3n) is 2.23. The normalized spacial score (nSPS) is 12.6. The molecular weight excluding hydrogens is 162 g/mol. The molecule has 1 rings (SSSR count). The van der Waals surface area contributed by atoms with Crippen LogP contribution in [-0.2, 0) is 0 Å². The Labute approximate surface area is 79.7 Å². The summed E-state index contributed by atoms with van der Waals surface area (Å²) in [4.78, 5) is 0. The molecule has 1 unspecified atom stereocenters. The second-order valence-electron chi connectivity index (χ2n) is 3.42. The van der Waals surface area contributed by atoms with Crippen molar-refractivity contribution in [1.29, 1.82) is 0 Å². The lowest BCUT2D eigenvalue weighted by Gasteiger charge is -2.11. The molecule has 13 heavy (non-hydrogen) atoms. The number of ether oxygens (including phenoxy) is 1. The smallest absolute Gasteiger partial charge is 0.119 e. The van der Waals surface area contributed by atoms with Crippen molar-refractivity contribution in [3.05, 3.63) is 29.3 Å². The topological polar surface area (TPSA) is 35.2 Å². The molecule has 72 valence electrons. The van der Waals surface area contributed by atoms with Gasteiger partial charge in [-0.15, -0.1) is 0 Å². The average molecular weight is 179 g/mol. The first-order valence-corrected chi connectivity index (χ1v) is 4.53. The lowest BCUT2D eigenvalue weighted by molar-refractivity contribution is 0.413. The molecule has 0 bridgehead atoms. The van der Waals surface area contributed by atoms with E-state index in [1.54, 1.807) is 7.11 Å². The summed E-state index contributed by atoms with van der Waals surface area (Å²) in [7, 11) is 1.69. The molecule has 0 saturated carbocycles. The highest BCUT2D eigenvalue weighted by atomic mass is 16.5. The highest BCUT2D eigenvalue weighted by molar-refractivity contribution is 5.35. The fourth-order valence-electron chi connectivity index (χ4n) is 1.32. The first kappa shape index (κ1) is 10.1. The van der Waals surface area contributed by atoms with Crippen molar-refractivity contribution in [3.63, 3.8) is 0 Å². The van der Waals surface area contributed by atoms with Crippen LogP contribution >= 0.6 is 0 Å². The van der Waals surface area contributed by atoms with E-state index in [9.17, 15) is 0 Å². The highest BCUT2D eigenvalue weighted by Crippen LogP contribution is 2.22. The molecule has 0 saturated heterocycles. The van der Waals surface area contributed by atoms with Crippen molar-refractivity contribution in [2.45, 2.75) is 19.8 Å². The number of rotatable bonds is 3. The summed E-state index contributed by atoms with van der Waals surface area (Å²) in [6.07, 6.45) is 0. The number of hydrogen-bond acceptors (Lipinski definition) is 2. The second kappa shape index (κ2) is 4.28. The van der Waals surface area contributed by atoms with Crippen LogP contribution in [0.1, 0.15) is 24.0 Å². The van der Waals surface area contributed by atoms with Gasteiger partial charge in [0.2, 0.25) is 0 Å². The Morgan fingerprint density at radius 1 is 1.38 bits per heavy atom. The quantitative estimate of drug-likeness (QED) is 0.771. The number of aryl methyl sites for hydroxylation is 1. The predicted molar refractivity (Wildman–Crippen MR) is 55.2 cm³/mol. The zero-order valence-electron chi connectivity index (χ0n) is 8.50. The van der Waals surface area contributed by atoms with E-state index in [-0.39, 0.29) is 0 Å². The zero-order valence-corrected chi connectivity index (χ0v) is 8.50. The molecule has 2 N–H and O–H groups in total. The van der Waals surface area contributed by atoms with Crippen molar-refractivity contribution in [1.82, 2.24) is 0 Å². The molecule has 2 heteroatoms. The van der Waals surface area contributed by atoms with Crippen LogP contribution in [-0.4, -0.2) is 13.7 Å². The maximum Gasteiger partial charge on any atom is 0.119 e. The summed E-state index contributed by atoms with van der Waals surface area (Å²) in [5.74, 6) is 1.31. The minimum absolute atomic E-state index is 0.397. The lowest BCUT2D eigenvalue weighted by Crippen LogP contribution is -2.09. The van der Waals surface area contributed by atoms with E-state index >= 15 is 0 Å². The Morgan fingerprint density at radius 2 is 2.08 bits per heavy atom. The zero-order chi connectivity index (χ0) is 9.84. The van der Waals surface area contributed by atoms with Gasteiger partial charge in [0.15, 0.2) is 0 Å². The summed E-state index contributed by atoms with van der Waals surface area (Å²) >= 11 is 0. The van der Waals surface area contributed by atoms with Crippen molar-refractivity contribution < 1.29 is 4.74 Å². The molecule has 0 aliphatic heterocycles. The standard InChI is InChI=1S/C11H17NO/c1-8-4-10(9(2)7-12)6-11(5-8)13-3/h4-6,9H,7,12H2,1-3H3. The number of methoxy groups -OCH3 is 1. The largest absolute Gasteiger partial charge is 0.497 e. The summed E-state index contributed by atoms with van der Waals surface area (Å²) < 4.78 is 5.19. The summed E-state index contributed by atoms with van der Waals surface area (Å²) in [6, 6.07) is 6.22. The fraction of sp³-hybridized carbons (Fsp3) is 0.455. The van der Waals surface area contributed by atoms with E-state index in [4.69, 9.17) is 10.5 Å². The van der Waals surface area contributed by atoms with Gasteiger partial charge in [-0.05, 0) is 42.6 Å². The van der Waals surface area contributed by atoms with E-state index in [2.05, 4.69) is 19.9 Å². The molecule has 0 fully saturated rings. The molecule has 0 heterocycles. The Hall–Kier alpha value is -1.02. The summed E-state index contributed by atoms with van der Waals surface area (Å²) in [5, 5.41) is 0. The van der Waals surface area contributed by atoms with Crippen molar-refractivity contribution in [2.75, 3.05) is 13.7 Å². The van der Waals surface area contributed by atoms with Crippen LogP contribution in [0.2, 0.25) is 0 Å². The number of benzene rings is 1. The number of hydrogen-bond donors (Lipinski definition) is 1. The van der Waals surface area contributed by atoms with Gasteiger partial charge in [0.25, 0.3) is 0 Å². The molecule has 1 aromatic rings. The van der Waals surface area contributed by atoms with Crippen LogP contribution < -0.4 is 10.5 Å². The van der Waals surface area contributed by atoms with Gasteiger partial charge in [0.1, 0.15) is 5.75 Å². The molecule has 0 aliphatic rings. The maximum atomic E-state index is 5.60. The summed E-state index contributed by atoms with van der Waals surface area (Å²) in [5.41, 5.74) is 8.07. The molecule has 0 radical (unpaired) electrons. The van der Waals surface area contributed by atoms with Gasteiger partial charge in [-0.2, -0.15) is 0 Å². The molecule has 1 aromatic carbocycles. The molecule has 0 spiro atoms. The number of nitrogens with two attached hydrogens (primary N) is 1. The van der Waals surface area contributed by atoms with Gasteiger partial charge in [-0.3, -0.25) is 0 Å². The minimum atomic E-state index is 0.397. The Kier molecular flexibility index (Phi) is 3.32. The van der Waals surface area contributed by atoms with E-state index in [1.165, 1.54) is 11.1 Å². The van der Waals surface area contributed by atoms with E-state index in [0.717, 1.165) is 5.75 Å². The molecule has 0 aromatic heterocycles. The molecule has 1 atom stereocenters. The third-order valence-corrected chi connectivity index (χ3v) is 2.23. The molecule has 0 amide bonds. The highest BCUT2D eigenvalue weighted by Gasteiger charge is 2.05. The van der Waals surface area contributed by atoms with E-state index in [0.29, 0.717) is 12.5 Å². The third kappa shape index (κ3) is 2.46. The van der Waals surface area contributed by atoms with Gasteiger partial charge in [-0.1, -0.05) is 13.0 Å². The first-order valence-electron chi connectivity index (χ1n) is 4.53. The SMILES string of the molecule is COc1cc(C)cc(C(C)CN)c1. The van der Waals surface area contributed by atoms with Crippen LogP contribution in [0.15, 0.2) is 18.2 Å². The van der Waals surface area contributed by atoms with Crippen molar-refractivity contribution in [3.8, 4) is 5.75 Å². The van der Waals surface area contributed by atoms with E-state index in [1.807, 2.05) is 12.1 Å². The maximum absolute atomic E-state index is 5.60. The Bertz CT molecular complexity index is 283. The fourth-order valence-corrected chi connectivity index (χ4v) is 1.32. The lowest BCUT2D eigenvalue weighted by atomic mass is 9.99. The first-order chi connectivity index (χ1) is 6.17. The van der Waals surface area contributed by atoms with Gasteiger partial charge < -0.3 is 10.5 Å². The van der Waals surface area contributed by atoms with Gasteiger partial charge in [-0.25, -0.2) is 0 Å². The van der Waals surface area contributed by atoms with Crippen LogP contribution in [0.4, 0.5) is 0 Å². The van der Waals surface area contributed by atoms with Crippen LogP contribution in [0.25, 0.3) is 0 Å². The predicted octanol–water partition coefficient (Wildman–Crippen LogP) is 2.07. The molecule has 2 nitrogen and oxygen atoms in total. The Balaban J connectivity index is 3.01. The van der Waals surface area contributed by atoms with Crippen molar-refractivity contribution in [2.24, 2.45) is 5.73 Å². The van der Waals surface area contributed by atoms with E-state index < -0.39 is 0 Å².